The zero-order valence-electron chi connectivity index (χ0n) is 16.2. The van der Waals surface area contributed by atoms with Crippen molar-refractivity contribution in [3.63, 3.8) is 0 Å². The van der Waals surface area contributed by atoms with Crippen LogP contribution in [0.1, 0.15) is 49.5 Å². The van der Waals surface area contributed by atoms with Crippen molar-refractivity contribution in [1.82, 2.24) is 15.8 Å². The van der Waals surface area contributed by atoms with E-state index in [4.69, 9.17) is 4.42 Å². The van der Waals surface area contributed by atoms with Gasteiger partial charge in [-0.15, -0.1) is 0 Å². The Kier molecular flexibility index (Phi) is 7.39. The van der Waals surface area contributed by atoms with E-state index in [0.29, 0.717) is 11.8 Å². The fourth-order valence-corrected chi connectivity index (χ4v) is 3.45. The molecule has 1 aromatic carbocycles. The van der Waals surface area contributed by atoms with Gasteiger partial charge in [0.1, 0.15) is 11.6 Å². The standard InChI is InChI=1S/C22H28FN3O2/c1-26(22(27)12-11-20-10-6-14-28-20)13-4-2-3-9-19-16-21(25-24-19)17-7-5-8-18(23)15-17/h5-8,10-12,14-15,19,21,24-25H,2-4,9,13,16H2,1H3/b12-11+. The van der Waals surface area contributed by atoms with Crippen molar-refractivity contribution in [3.05, 3.63) is 65.9 Å². The summed E-state index contributed by atoms with van der Waals surface area (Å²) < 4.78 is 18.5. The van der Waals surface area contributed by atoms with Crippen molar-refractivity contribution in [3.8, 4) is 0 Å². The summed E-state index contributed by atoms with van der Waals surface area (Å²) in [5.74, 6) is 0.465. The SMILES string of the molecule is CN(CCCCCC1CC(c2cccc(F)c2)NN1)C(=O)/C=C/c1ccco1. The molecule has 2 unspecified atom stereocenters. The Labute approximate surface area is 165 Å². The van der Waals surface area contributed by atoms with Crippen LogP contribution in [0, 0.1) is 5.82 Å². The van der Waals surface area contributed by atoms with Gasteiger partial charge in [-0.3, -0.25) is 15.6 Å². The first-order valence-corrected chi connectivity index (χ1v) is 9.85. The highest BCUT2D eigenvalue weighted by molar-refractivity contribution is 5.91. The first kappa shape index (κ1) is 20.3. The average Bonchev–Trinajstić information content (AvgIpc) is 3.37. The van der Waals surface area contributed by atoms with Gasteiger partial charge in [-0.05, 0) is 55.2 Å². The number of hydrogen-bond donors (Lipinski definition) is 2. The zero-order valence-corrected chi connectivity index (χ0v) is 16.2. The molecule has 1 aromatic heterocycles. The van der Waals surface area contributed by atoms with E-state index in [1.165, 1.54) is 6.07 Å². The molecule has 2 atom stereocenters. The lowest BCUT2D eigenvalue weighted by molar-refractivity contribution is -0.124. The number of hydrazine groups is 1. The molecule has 150 valence electrons. The number of carbonyl (C=O) groups excluding carboxylic acids is 1. The van der Waals surface area contributed by atoms with Crippen LogP contribution in [0.2, 0.25) is 0 Å². The van der Waals surface area contributed by atoms with E-state index in [9.17, 15) is 9.18 Å². The summed E-state index contributed by atoms with van der Waals surface area (Å²) in [6.45, 7) is 0.740. The first-order chi connectivity index (χ1) is 13.6. The van der Waals surface area contributed by atoms with Crippen LogP contribution < -0.4 is 10.9 Å². The van der Waals surface area contributed by atoms with E-state index in [1.807, 2.05) is 19.2 Å². The van der Waals surface area contributed by atoms with Crippen molar-refractivity contribution < 1.29 is 13.6 Å². The molecule has 0 bridgehead atoms. The number of benzene rings is 1. The number of unbranched alkanes of at least 4 members (excludes halogenated alkanes) is 2. The minimum Gasteiger partial charge on any atom is -0.465 e. The van der Waals surface area contributed by atoms with Gasteiger partial charge in [0.05, 0.1) is 6.26 Å². The quantitative estimate of drug-likeness (QED) is 0.505. The van der Waals surface area contributed by atoms with Gasteiger partial charge >= 0.3 is 0 Å². The van der Waals surface area contributed by atoms with Crippen LogP contribution in [-0.4, -0.2) is 30.4 Å². The molecule has 0 saturated carbocycles. The summed E-state index contributed by atoms with van der Waals surface area (Å²) in [6.07, 6.45) is 9.98. The molecule has 0 aliphatic carbocycles. The summed E-state index contributed by atoms with van der Waals surface area (Å²) >= 11 is 0. The summed E-state index contributed by atoms with van der Waals surface area (Å²) in [4.78, 5) is 13.8. The lowest BCUT2D eigenvalue weighted by Gasteiger charge is -2.15. The number of hydrogen-bond acceptors (Lipinski definition) is 4. The van der Waals surface area contributed by atoms with Crippen LogP contribution in [-0.2, 0) is 4.79 Å². The van der Waals surface area contributed by atoms with Crippen LogP contribution in [0.4, 0.5) is 4.39 Å². The van der Waals surface area contributed by atoms with Gasteiger partial charge in [0, 0.05) is 31.8 Å². The smallest absolute Gasteiger partial charge is 0.246 e. The highest BCUT2D eigenvalue weighted by Gasteiger charge is 2.24. The highest BCUT2D eigenvalue weighted by Crippen LogP contribution is 2.25. The van der Waals surface area contributed by atoms with E-state index in [-0.39, 0.29) is 17.8 Å². The largest absolute Gasteiger partial charge is 0.465 e. The van der Waals surface area contributed by atoms with Crippen molar-refractivity contribution in [2.24, 2.45) is 0 Å². The van der Waals surface area contributed by atoms with Gasteiger partial charge in [0.15, 0.2) is 0 Å². The number of nitrogens with one attached hydrogen (secondary N) is 2. The van der Waals surface area contributed by atoms with Gasteiger partial charge in [-0.2, -0.15) is 0 Å². The van der Waals surface area contributed by atoms with Gasteiger partial charge < -0.3 is 9.32 Å². The molecule has 0 spiro atoms. The Morgan fingerprint density at radius 1 is 1.25 bits per heavy atom. The first-order valence-electron chi connectivity index (χ1n) is 9.85. The van der Waals surface area contributed by atoms with Crippen LogP contribution in [0.3, 0.4) is 0 Å². The molecule has 2 heterocycles. The molecule has 1 amide bonds. The fourth-order valence-electron chi connectivity index (χ4n) is 3.45. The lowest BCUT2D eigenvalue weighted by Crippen LogP contribution is -2.30. The molecule has 0 radical (unpaired) electrons. The Morgan fingerprint density at radius 2 is 2.14 bits per heavy atom. The number of carbonyl (C=O) groups is 1. The fraction of sp³-hybridized carbons (Fsp3) is 0.409. The highest BCUT2D eigenvalue weighted by atomic mass is 19.1. The molecule has 2 N–H and O–H groups in total. The molecular weight excluding hydrogens is 357 g/mol. The third kappa shape index (κ3) is 6.04. The lowest BCUT2D eigenvalue weighted by atomic mass is 9.99. The predicted molar refractivity (Wildman–Crippen MR) is 108 cm³/mol. The van der Waals surface area contributed by atoms with Crippen LogP contribution in [0.25, 0.3) is 6.08 Å². The van der Waals surface area contributed by atoms with Crippen LogP contribution in [0.5, 0.6) is 0 Å². The number of rotatable bonds is 9. The maximum absolute atomic E-state index is 13.4. The predicted octanol–water partition coefficient (Wildman–Crippen LogP) is 4.06. The third-order valence-corrected chi connectivity index (χ3v) is 5.09. The Balaban J connectivity index is 1.29. The van der Waals surface area contributed by atoms with E-state index >= 15 is 0 Å². The van der Waals surface area contributed by atoms with Crippen molar-refractivity contribution in [2.75, 3.05) is 13.6 Å². The van der Waals surface area contributed by atoms with E-state index in [1.54, 1.807) is 41.5 Å². The summed E-state index contributed by atoms with van der Waals surface area (Å²) in [7, 11) is 1.82. The molecule has 28 heavy (non-hydrogen) atoms. The number of likely N-dealkylation sites (N-methyl/N-ethyl adjacent to an activating group) is 1. The van der Waals surface area contributed by atoms with E-state index in [0.717, 1.165) is 44.2 Å². The monoisotopic (exact) mass is 385 g/mol. The number of furan rings is 1. The molecule has 5 nitrogen and oxygen atoms in total. The van der Waals surface area contributed by atoms with E-state index in [2.05, 4.69) is 10.9 Å². The Hall–Kier alpha value is -2.44. The zero-order chi connectivity index (χ0) is 19.8. The second kappa shape index (κ2) is 10.2. The maximum Gasteiger partial charge on any atom is 0.246 e. The average molecular weight is 385 g/mol. The molecule has 1 saturated heterocycles. The Morgan fingerprint density at radius 3 is 2.93 bits per heavy atom. The van der Waals surface area contributed by atoms with Crippen LogP contribution >= 0.6 is 0 Å². The molecule has 2 aromatic rings. The summed E-state index contributed by atoms with van der Waals surface area (Å²) in [5, 5.41) is 0. The molecular formula is C22H28FN3O2. The van der Waals surface area contributed by atoms with Gasteiger partial charge in [-0.1, -0.05) is 25.0 Å². The second-order valence-corrected chi connectivity index (χ2v) is 7.29. The summed E-state index contributed by atoms with van der Waals surface area (Å²) in [5.41, 5.74) is 7.57. The third-order valence-electron chi connectivity index (χ3n) is 5.09. The second-order valence-electron chi connectivity index (χ2n) is 7.29. The molecule has 1 fully saturated rings. The number of halogens is 1. The normalized spacial score (nSPS) is 19.4. The summed E-state index contributed by atoms with van der Waals surface area (Å²) in [6, 6.07) is 10.9. The van der Waals surface area contributed by atoms with E-state index < -0.39 is 0 Å². The topological polar surface area (TPSA) is 57.5 Å². The van der Waals surface area contributed by atoms with Crippen molar-refractivity contribution in [1.29, 1.82) is 0 Å². The minimum absolute atomic E-state index is 0.0176. The Bertz CT molecular complexity index is 776. The molecule has 1 aliphatic heterocycles. The van der Waals surface area contributed by atoms with Crippen molar-refractivity contribution in [2.45, 2.75) is 44.2 Å². The van der Waals surface area contributed by atoms with Gasteiger partial charge in [-0.25, -0.2) is 4.39 Å². The van der Waals surface area contributed by atoms with Gasteiger partial charge in [0.2, 0.25) is 5.91 Å². The number of nitrogens with zero attached hydrogens (tertiary/aromatic N) is 1. The van der Waals surface area contributed by atoms with Crippen molar-refractivity contribution >= 4 is 12.0 Å². The molecule has 3 rings (SSSR count). The van der Waals surface area contributed by atoms with Crippen LogP contribution in [0.15, 0.2) is 53.2 Å². The minimum atomic E-state index is -0.194. The molecule has 1 aliphatic rings. The molecule has 6 heteroatoms. The van der Waals surface area contributed by atoms with Gasteiger partial charge in [0.25, 0.3) is 0 Å². The maximum atomic E-state index is 13.4. The number of amides is 1.